The standard InChI is InChI=1S/C22H33N3O5/c1-22(2,14-26)19(27)13-23-10-6-9-20(28)25-18(21(29)30-3)11-15-12-24-17-8-5-4-7-16(15)17/h4-5,7-8,12,18-19,23-24,26-27H,6,9-11,13-14H2,1-3H3,(H,25,28)/t18-,19-/m0/s1. The average molecular weight is 420 g/mol. The van der Waals surface area contributed by atoms with Crippen LogP contribution in [0.1, 0.15) is 32.3 Å². The molecule has 0 unspecified atom stereocenters. The van der Waals surface area contributed by atoms with Gasteiger partial charge in [-0.25, -0.2) is 4.79 Å². The number of aromatic nitrogens is 1. The smallest absolute Gasteiger partial charge is 0.328 e. The number of aliphatic hydroxyl groups excluding tert-OH is 2. The normalized spacial score (nSPS) is 13.8. The van der Waals surface area contributed by atoms with E-state index in [2.05, 4.69) is 15.6 Å². The molecule has 1 heterocycles. The molecule has 5 N–H and O–H groups in total. The number of carbonyl (C=O) groups excluding carboxylic acids is 2. The lowest BCUT2D eigenvalue weighted by atomic mass is 9.87. The van der Waals surface area contributed by atoms with Crippen molar-refractivity contribution in [2.24, 2.45) is 5.41 Å². The van der Waals surface area contributed by atoms with Gasteiger partial charge in [-0.05, 0) is 24.6 Å². The number of hydrogen-bond donors (Lipinski definition) is 5. The van der Waals surface area contributed by atoms with Gasteiger partial charge < -0.3 is 30.6 Å². The molecule has 0 bridgehead atoms. The highest BCUT2D eigenvalue weighted by atomic mass is 16.5. The van der Waals surface area contributed by atoms with Gasteiger partial charge in [-0.1, -0.05) is 32.0 Å². The summed E-state index contributed by atoms with van der Waals surface area (Å²) in [7, 11) is 1.31. The van der Waals surface area contributed by atoms with E-state index >= 15 is 0 Å². The summed E-state index contributed by atoms with van der Waals surface area (Å²) in [5, 5.41) is 26.2. The minimum absolute atomic E-state index is 0.108. The second-order valence-corrected chi connectivity index (χ2v) is 8.18. The number of amides is 1. The van der Waals surface area contributed by atoms with Crippen LogP contribution in [0.4, 0.5) is 0 Å². The Balaban J connectivity index is 1.82. The summed E-state index contributed by atoms with van der Waals surface area (Å²) < 4.78 is 4.86. The summed E-state index contributed by atoms with van der Waals surface area (Å²) in [4.78, 5) is 27.7. The lowest BCUT2D eigenvalue weighted by molar-refractivity contribution is -0.145. The summed E-state index contributed by atoms with van der Waals surface area (Å²) in [6.07, 6.45) is 2.29. The van der Waals surface area contributed by atoms with E-state index in [1.54, 1.807) is 13.8 Å². The fourth-order valence-electron chi connectivity index (χ4n) is 3.12. The molecule has 0 aliphatic heterocycles. The van der Waals surface area contributed by atoms with Crippen LogP contribution < -0.4 is 10.6 Å². The van der Waals surface area contributed by atoms with Crippen molar-refractivity contribution in [1.29, 1.82) is 0 Å². The first-order chi connectivity index (χ1) is 14.3. The molecule has 0 aliphatic carbocycles. The van der Waals surface area contributed by atoms with Gasteiger partial charge in [-0.3, -0.25) is 4.79 Å². The van der Waals surface area contributed by atoms with E-state index < -0.39 is 23.5 Å². The molecule has 2 atom stereocenters. The first-order valence-corrected chi connectivity index (χ1v) is 10.2. The van der Waals surface area contributed by atoms with Crippen molar-refractivity contribution in [3.05, 3.63) is 36.0 Å². The quantitative estimate of drug-likeness (QED) is 0.259. The van der Waals surface area contributed by atoms with Gasteiger partial charge in [0.1, 0.15) is 6.04 Å². The van der Waals surface area contributed by atoms with E-state index in [0.29, 0.717) is 25.9 Å². The Morgan fingerprint density at radius 3 is 2.70 bits per heavy atom. The number of hydrogen-bond acceptors (Lipinski definition) is 6. The van der Waals surface area contributed by atoms with E-state index in [-0.39, 0.29) is 18.9 Å². The summed E-state index contributed by atoms with van der Waals surface area (Å²) in [6, 6.07) is 7.02. The number of methoxy groups -OCH3 is 1. The molecular formula is C22H33N3O5. The van der Waals surface area contributed by atoms with Crippen LogP contribution in [0.5, 0.6) is 0 Å². The lowest BCUT2D eigenvalue weighted by Gasteiger charge is -2.28. The van der Waals surface area contributed by atoms with Gasteiger partial charge in [0.05, 0.1) is 19.8 Å². The molecule has 0 saturated heterocycles. The Labute approximate surface area is 177 Å². The molecule has 0 aliphatic rings. The van der Waals surface area contributed by atoms with E-state index in [1.807, 2.05) is 30.5 Å². The minimum Gasteiger partial charge on any atom is -0.467 e. The maximum absolute atomic E-state index is 12.3. The molecular weight excluding hydrogens is 386 g/mol. The van der Waals surface area contributed by atoms with E-state index in [0.717, 1.165) is 16.5 Å². The van der Waals surface area contributed by atoms with Gasteiger partial charge >= 0.3 is 5.97 Å². The minimum atomic E-state index is -0.762. The summed E-state index contributed by atoms with van der Waals surface area (Å²) in [6.45, 7) is 4.34. The fourth-order valence-corrected chi connectivity index (χ4v) is 3.12. The number of ether oxygens (including phenoxy) is 1. The average Bonchev–Trinajstić information content (AvgIpc) is 3.15. The van der Waals surface area contributed by atoms with E-state index in [1.165, 1.54) is 7.11 Å². The van der Waals surface area contributed by atoms with Gasteiger partial charge in [-0.15, -0.1) is 0 Å². The Morgan fingerprint density at radius 1 is 1.27 bits per heavy atom. The zero-order valence-corrected chi connectivity index (χ0v) is 17.9. The maximum Gasteiger partial charge on any atom is 0.328 e. The Morgan fingerprint density at radius 2 is 2.00 bits per heavy atom. The molecule has 30 heavy (non-hydrogen) atoms. The van der Waals surface area contributed by atoms with Crippen molar-refractivity contribution < 1.29 is 24.5 Å². The summed E-state index contributed by atoms with van der Waals surface area (Å²) in [5.41, 5.74) is 1.32. The van der Waals surface area contributed by atoms with Crippen molar-refractivity contribution in [3.63, 3.8) is 0 Å². The van der Waals surface area contributed by atoms with Gasteiger partial charge in [0.2, 0.25) is 5.91 Å². The number of esters is 1. The number of carbonyl (C=O) groups is 2. The lowest BCUT2D eigenvalue weighted by Crippen LogP contribution is -2.43. The van der Waals surface area contributed by atoms with Gasteiger partial charge in [0.25, 0.3) is 0 Å². The molecule has 8 nitrogen and oxygen atoms in total. The van der Waals surface area contributed by atoms with Crippen LogP contribution >= 0.6 is 0 Å². The van der Waals surface area contributed by atoms with Gasteiger partial charge in [0, 0.05) is 41.9 Å². The van der Waals surface area contributed by atoms with Crippen molar-refractivity contribution in [2.75, 3.05) is 26.8 Å². The molecule has 1 aromatic heterocycles. The predicted octanol–water partition coefficient (Wildman–Crippen LogP) is 1.12. The van der Waals surface area contributed by atoms with Crippen LogP contribution in [0.15, 0.2) is 30.5 Å². The summed E-state index contributed by atoms with van der Waals surface area (Å²) >= 11 is 0. The number of benzene rings is 1. The second kappa shape index (κ2) is 11.1. The first-order valence-electron chi connectivity index (χ1n) is 10.2. The van der Waals surface area contributed by atoms with Crippen molar-refractivity contribution in [3.8, 4) is 0 Å². The second-order valence-electron chi connectivity index (χ2n) is 8.18. The van der Waals surface area contributed by atoms with Crippen LogP contribution in [-0.4, -0.2) is 66.0 Å². The molecule has 1 amide bonds. The zero-order valence-electron chi connectivity index (χ0n) is 17.9. The molecule has 0 spiro atoms. The number of fused-ring (bicyclic) bond motifs is 1. The topological polar surface area (TPSA) is 124 Å². The predicted molar refractivity (Wildman–Crippen MR) is 115 cm³/mol. The van der Waals surface area contributed by atoms with Crippen molar-refractivity contribution in [1.82, 2.24) is 15.6 Å². The van der Waals surface area contributed by atoms with Gasteiger partial charge in [0.15, 0.2) is 0 Å². The molecule has 166 valence electrons. The number of nitrogens with one attached hydrogen (secondary N) is 3. The molecule has 1 aromatic carbocycles. The Hall–Kier alpha value is -2.42. The number of aliphatic hydroxyl groups is 2. The third-order valence-electron chi connectivity index (χ3n) is 5.32. The molecule has 0 radical (unpaired) electrons. The highest BCUT2D eigenvalue weighted by Gasteiger charge is 2.26. The van der Waals surface area contributed by atoms with Crippen LogP contribution in [0.3, 0.4) is 0 Å². The number of aromatic amines is 1. The van der Waals surface area contributed by atoms with Crippen LogP contribution in [0.25, 0.3) is 10.9 Å². The van der Waals surface area contributed by atoms with Crippen LogP contribution in [-0.2, 0) is 20.7 Å². The van der Waals surface area contributed by atoms with Gasteiger partial charge in [-0.2, -0.15) is 0 Å². The summed E-state index contributed by atoms with van der Waals surface area (Å²) in [5.74, 6) is -0.718. The van der Waals surface area contributed by atoms with Crippen LogP contribution in [0.2, 0.25) is 0 Å². The van der Waals surface area contributed by atoms with Crippen LogP contribution in [0, 0.1) is 5.41 Å². The van der Waals surface area contributed by atoms with Crippen molar-refractivity contribution in [2.45, 2.75) is 45.3 Å². The molecule has 0 fully saturated rings. The van der Waals surface area contributed by atoms with Crippen molar-refractivity contribution >= 4 is 22.8 Å². The molecule has 2 aromatic rings. The largest absolute Gasteiger partial charge is 0.467 e. The first kappa shape index (κ1) is 23.9. The van der Waals surface area contributed by atoms with E-state index in [9.17, 15) is 19.8 Å². The third kappa shape index (κ3) is 6.55. The number of rotatable bonds is 12. The highest BCUT2D eigenvalue weighted by Crippen LogP contribution is 2.20. The zero-order chi connectivity index (χ0) is 22.1. The molecule has 8 heteroatoms. The third-order valence-corrected chi connectivity index (χ3v) is 5.32. The monoisotopic (exact) mass is 419 g/mol. The number of para-hydroxylation sites is 1. The Kier molecular flexibility index (Phi) is 8.83. The van der Waals surface area contributed by atoms with E-state index in [4.69, 9.17) is 4.74 Å². The SMILES string of the molecule is COC(=O)[C@H](Cc1c[nH]c2ccccc12)NC(=O)CCCNC[C@H](O)C(C)(C)CO. The Bertz CT molecular complexity index is 833. The molecule has 2 rings (SSSR count). The highest BCUT2D eigenvalue weighted by molar-refractivity contribution is 5.87. The maximum atomic E-state index is 12.3. The molecule has 0 saturated carbocycles. The number of H-pyrrole nitrogens is 1. The fraction of sp³-hybridized carbons (Fsp3) is 0.545.